The smallest absolute Gasteiger partial charge is 0.281 e. The van der Waals surface area contributed by atoms with Crippen LogP contribution in [0.2, 0.25) is 0 Å². The third-order valence-corrected chi connectivity index (χ3v) is 10.0. The number of unbranched alkanes of at least 4 members (excludes halogenated alkanes) is 24. The Hall–Kier alpha value is 0.340. The minimum Gasteiger partial charge on any atom is -0.318 e. The Morgan fingerprint density at radius 3 is 0.951 bits per heavy atom. The maximum absolute atomic E-state index is 6.35. The first-order valence-electron chi connectivity index (χ1n) is 18.0. The molecule has 0 aromatic carbocycles. The summed E-state index contributed by atoms with van der Waals surface area (Å²) in [4.78, 5) is 0. The predicted octanol–water partition coefficient (Wildman–Crippen LogP) is 14.6. The Morgan fingerprint density at radius 1 is 0.415 bits per heavy atom. The molecule has 0 unspecified atom stereocenters. The van der Waals surface area contributed by atoms with E-state index in [9.17, 15) is 0 Å². The number of allylic oxidation sites excluding steroid dienone is 4. The summed E-state index contributed by atoms with van der Waals surface area (Å²) >= 11 is 11.7. The van der Waals surface area contributed by atoms with E-state index in [1.54, 1.807) is 0 Å². The van der Waals surface area contributed by atoms with Gasteiger partial charge in [0.25, 0.3) is 5.84 Å². The molecule has 0 aromatic rings. The molecule has 0 radical (unpaired) electrons. The predicted molar refractivity (Wildman–Crippen MR) is 191 cm³/mol. The lowest BCUT2D eigenvalue weighted by atomic mass is 10.1. The molecule has 0 heterocycles. The van der Waals surface area contributed by atoms with Crippen LogP contribution in [0.1, 0.15) is 194 Å². The molecule has 0 saturated heterocycles. The van der Waals surface area contributed by atoms with Crippen molar-refractivity contribution in [2.24, 2.45) is 0 Å². The largest absolute Gasteiger partial charge is 0.318 e. The van der Waals surface area contributed by atoms with Crippen LogP contribution in [-0.2, 0) is 20.9 Å². The standard InChI is InChI=1S/C36H70ClO2PS/c1-3-5-7-9-11-13-15-17-19-21-23-25-27-29-31-33-35-38-40(37,41)39-36-34-32-30-28-26-24-22-20-18-16-14-12-10-8-6-4-2/h17-20H,3-16,21-36H2,1-2H3/b19-17-,20-18-. The van der Waals surface area contributed by atoms with Gasteiger partial charge in [-0.05, 0) is 87.3 Å². The lowest BCUT2D eigenvalue weighted by molar-refractivity contribution is 0.248. The molecular weight excluding hydrogens is 563 g/mol. The minimum atomic E-state index is -2.58. The van der Waals surface area contributed by atoms with Gasteiger partial charge in [0.1, 0.15) is 0 Å². The van der Waals surface area contributed by atoms with Crippen LogP contribution in [0.3, 0.4) is 0 Å². The highest BCUT2D eigenvalue weighted by molar-refractivity contribution is 8.22. The number of hydrogen-bond donors (Lipinski definition) is 0. The van der Waals surface area contributed by atoms with Crippen molar-refractivity contribution < 1.29 is 9.05 Å². The van der Waals surface area contributed by atoms with E-state index in [1.807, 2.05) is 0 Å². The third kappa shape index (κ3) is 36.4. The maximum Gasteiger partial charge on any atom is 0.281 e. The summed E-state index contributed by atoms with van der Waals surface area (Å²) in [7, 11) is 0. The Bertz CT molecular complexity index is 562. The van der Waals surface area contributed by atoms with Gasteiger partial charge in [-0.25, -0.2) is 0 Å². The molecule has 0 spiro atoms. The van der Waals surface area contributed by atoms with Crippen molar-refractivity contribution in [2.45, 2.75) is 194 Å². The van der Waals surface area contributed by atoms with Gasteiger partial charge in [0.2, 0.25) is 0 Å². The minimum absolute atomic E-state index is 0.634. The third-order valence-electron chi connectivity index (χ3n) is 7.80. The van der Waals surface area contributed by atoms with Crippen molar-refractivity contribution in [2.75, 3.05) is 13.2 Å². The van der Waals surface area contributed by atoms with Crippen LogP contribution >= 0.6 is 17.1 Å². The van der Waals surface area contributed by atoms with E-state index in [0.717, 1.165) is 12.8 Å². The van der Waals surface area contributed by atoms with Gasteiger partial charge < -0.3 is 9.05 Å². The summed E-state index contributed by atoms with van der Waals surface area (Å²) in [5.41, 5.74) is 0. The number of rotatable bonds is 34. The van der Waals surface area contributed by atoms with Crippen molar-refractivity contribution in [3.8, 4) is 0 Å². The molecule has 0 saturated carbocycles. The number of hydrogen-bond acceptors (Lipinski definition) is 3. The summed E-state index contributed by atoms with van der Waals surface area (Å²) in [5.74, 6) is -2.58. The Morgan fingerprint density at radius 2 is 0.659 bits per heavy atom. The van der Waals surface area contributed by atoms with Crippen LogP contribution in [0.4, 0.5) is 0 Å². The zero-order valence-corrected chi connectivity index (χ0v) is 30.0. The maximum atomic E-state index is 6.35. The van der Waals surface area contributed by atoms with Crippen molar-refractivity contribution in [3.63, 3.8) is 0 Å². The second-order valence-electron chi connectivity index (χ2n) is 12.0. The second-order valence-corrected chi connectivity index (χ2v) is 16.7. The highest BCUT2D eigenvalue weighted by atomic mass is 35.7. The molecule has 0 aliphatic carbocycles. The van der Waals surface area contributed by atoms with Crippen LogP contribution in [0.25, 0.3) is 0 Å². The molecule has 0 aliphatic heterocycles. The molecule has 0 rings (SSSR count). The van der Waals surface area contributed by atoms with Crippen molar-refractivity contribution in [1.29, 1.82) is 0 Å². The van der Waals surface area contributed by atoms with Gasteiger partial charge in [0.05, 0.1) is 13.2 Å². The molecule has 244 valence electrons. The number of halogens is 1. The van der Waals surface area contributed by atoms with Crippen LogP contribution in [0, 0.1) is 0 Å². The molecule has 2 nitrogen and oxygen atoms in total. The molecule has 0 aromatic heterocycles. The van der Waals surface area contributed by atoms with E-state index < -0.39 is 5.84 Å². The normalized spacial score (nSPS) is 12.4. The SMILES string of the molecule is CCCCCCCC/C=C\CCCCCCCCOP(=S)(Cl)OCCCCCCCC/C=C\CCCCCCCC. The van der Waals surface area contributed by atoms with Gasteiger partial charge in [-0.15, -0.1) is 0 Å². The molecule has 0 atom stereocenters. The van der Waals surface area contributed by atoms with Crippen LogP contribution < -0.4 is 0 Å². The van der Waals surface area contributed by atoms with E-state index >= 15 is 0 Å². The Kier molecular flexibility index (Phi) is 35.1. The van der Waals surface area contributed by atoms with E-state index in [1.165, 1.54) is 167 Å². The van der Waals surface area contributed by atoms with Crippen LogP contribution in [0.15, 0.2) is 24.3 Å². The molecule has 0 fully saturated rings. The first-order chi connectivity index (χ1) is 20.1. The van der Waals surface area contributed by atoms with Gasteiger partial charge in [-0.2, -0.15) is 0 Å². The van der Waals surface area contributed by atoms with Gasteiger partial charge >= 0.3 is 0 Å². The van der Waals surface area contributed by atoms with E-state index in [0.29, 0.717) is 13.2 Å². The fraction of sp³-hybridized carbons (Fsp3) is 0.889. The zero-order chi connectivity index (χ0) is 30.0. The lowest BCUT2D eigenvalue weighted by Gasteiger charge is -2.15. The van der Waals surface area contributed by atoms with Crippen LogP contribution in [-0.4, -0.2) is 13.2 Å². The van der Waals surface area contributed by atoms with Gasteiger partial charge in [-0.1, -0.05) is 154 Å². The molecule has 5 heteroatoms. The lowest BCUT2D eigenvalue weighted by Crippen LogP contribution is -1.96. The highest BCUT2D eigenvalue weighted by Gasteiger charge is 2.14. The Labute approximate surface area is 268 Å². The Balaban J connectivity index is 3.35. The zero-order valence-electron chi connectivity index (χ0n) is 27.6. The summed E-state index contributed by atoms with van der Waals surface area (Å²) in [6.07, 6.45) is 46.1. The average molecular weight is 633 g/mol. The van der Waals surface area contributed by atoms with Gasteiger partial charge in [-0.3, -0.25) is 0 Å². The van der Waals surface area contributed by atoms with Gasteiger partial charge in [0, 0.05) is 0 Å². The molecule has 41 heavy (non-hydrogen) atoms. The van der Waals surface area contributed by atoms with Crippen molar-refractivity contribution in [1.82, 2.24) is 0 Å². The molecule has 0 bridgehead atoms. The first-order valence-corrected chi connectivity index (χ1v) is 21.6. The topological polar surface area (TPSA) is 18.5 Å². The summed E-state index contributed by atoms with van der Waals surface area (Å²) < 4.78 is 11.5. The molecule has 0 N–H and O–H groups in total. The van der Waals surface area contributed by atoms with Crippen molar-refractivity contribution >= 4 is 28.9 Å². The first kappa shape index (κ1) is 41.3. The second kappa shape index (κ2) is 34.8. The average Bonchev–Trinajstić information content (AvgIpc) is 2.96. The molecule has 0 aliphatic rings. The van der Waals surface area contributed by atoms with E-state index in [-0.39, 0.29) is 0 Å². The fourth-order valence-corrected chi connectivity index (χ4v) is 6.71. The molecular formula is C36H70ClO2PS. The quantitative estimate of drug-likeness (QED) is 0.0399. The summed E-state index contributed by atoms with van der Waals surface area (Å²) in [6, 6.07) is 0. The van der Waals surface area contributed by atoms with E-state index in [4.69, 9.17) is 32.1 Å². The molecule has 0 amide bonds. The van der Waals surface area contributed by atoms with Crippen molar-refractivity contribution in [3.05, 3.63) is 24.3 Å². The summed E-state index contributed by atoms with van der Waals surface area (Å²) in [5, 5.41) is 0. The van der Waals surface area contributed by atoms with Gasteiger partial charge in [0.15, 0.2) is 0 Å². The summed E-state index contributed by atoms with van der Waals surface area (Å²) in [6.45, 7) is 5.83. The fourth-order valence-electron chi connectivity index (χ4n) is 5.08. The van der Waals surface area contributed by atoms with E-state index in [2.05, 4.69) is 38.2 Å². The monoisotopic (exact) mass is 632 g/mol. The highest BCUT2D eigenvalue weighted by Crippen LogP contribution is 2.54. The van der Waals surface area contributed by atoms with Crippen LogP contribution in [0.5, 0.6) is 0 Å².